The molecule has 0 bridgehead atoms. The number of aromatic nitrogens is 3. The van der Waals surface area contributed by atoms with E-state index in [0.29, 0.717) is 34.4 Å². The average molecular weight is 595 g/mol. The topological polar surface area (TPSA) is 92.3 Å². The van der Waals surface area contributed by atoms with Crippen LogP contribution in [0.3, 0.4) is 0 Å². The second kappa shape index (κ2) is 10.6. The molecule has 1 atom stereocenters. The van der Waals surface area contributed by atoms with E-state index in [9.17, 15) is 22.4 Å². The molecule has 1 aromatic carbocycles. The maximum absolute atomic E-state index is 13.6. The smallest absolute Gasteiger partial charge is 0.416 e. The molecule has 1 amide bonds. The quantitative estimate of drug-likeness (QED) is 0.170. The molecule has 0 spiro atoms. The molecular formula is C27H30F4N4O3SSi. The van der Waals surface area contributed by atoms with Crippen LogP contribution in [0.25, 0.3) is 16.0 Å². The minimum absolute atomic E-state index is 0.00911. The Kier molecular flexibility index (Phi) is 7.86. The van der Waals surface area contributed by atoms with Gasteiger partial charge >= 0.3 is 6.18 Å². The lowest BCUT2D eigenvalue weighted by Gasteiger charge is -2.36. The molecule has 0 aliphatic carbocycles. The molecule has 2 N–H and O–H groups in total. The molecule has 3 aromatic heterocycles. The average Bonchev–Trinajstić information content (AvgIpc) is 3.45. The maximum atomic E-state index is 13.6. The first-order valence-corrected chi connectivity index (χ1v) is 16.1. The number of imidazole rings is 1. The van der Waals surface area contributed by atoms with Gasteiger partial charge in [0.2, 0.25) is 0 Å². The highest BCUT2D eigenvalue weighted by atomic mass is 32.1. The van der Waals surface area contributed by atoms with Gasteiger partial charge in [0, 0.05) is 11.6 Å². The molecule has 0 aliphatic heterocycles. The summed E-state index contributed by atoms with van der Waals surface area (Å²) in [5.74, 6) is -1.81. The number of nitrogens with zero attached hydrogens (tertiary/aromatic N) is 3. The van der Waals surface area contributed by atoms with Crippen LogP contribution in [0.5, 0.6) is 5.75 Å². The number of thiophene rings is 1. The maximum Gasteiger partial charge on any atom is 0.416 e. The second-order valence-electron chi connectivity index (χ2n) is 11.0. The summed E-state index contributed by atoms with van der Waals surface area (Å²) in [5, 5.41) is 0.541. The number of ether oxygens (including phenoxy) is 1. The number of pyridine rings is 1. The fourth-order valence-electron chi connectivity index (χ4n) is 3.80. The van der Waals surface area contributed by atoms with Crippen LogP contribution in [0, 0.1) is 5.82 Å². The standard InChI is InChI=1S/C27H30F4N4O3SSi/c1-15(18-8-7-16(28)9-19(18)27(29,30)31)38-22-11-23(39-24(22)25(32)36)35-14-34-20-12-33-17(10-21(20)35)13-37-40(5,6)26(2,3)4/h7-12,14-15H,13H2,1-6H3,(H2,32,36). The number of carbonyl (C=O) groups is 1. The first-order chi connectivity index (χ1) is 18.5. The minimum Gasteiger partial charge on any atom is -0.484 e. The van der Waals surface area contributed by atoms with E-state index >= 15 is 0 Å². The normalized spacial score (nSPS) is 13.6. The van der Waals surface area contributed by atoms with Crippen LogP contribution in [0.4, 0.5) is 17.6 Å². The largest absolute Gasteiger partial charge is 0.484 e. The van der Waals surface area contributed by atoms with Crippen molar-refractivity contribution in [3.05, 3.63) is 70.4 Å². The number of primary amides is 1. The Morgan fingerprint density at radius 2 is 1.85 bits per heavy atom. The molecule has 0 aliphatic rings. The van der Waals surface area contributed by atoms with E-state index in [1.165, 1.54) is 13.0 Å². The van der Waals surface area contributed by atoms with Crippen LogP contribution >= 0.6 is 11.3 Å². The van der Waals surface area contributed by atoms with Crippen molar-refractivity contribution in [2.75, 3.05) is 0 Å². The van der Waals surface area contributed by atoms with Gasteiger partial charge in [0.25, 0.3) is 5.91 Å². The second-order valence-corrected chi connectivity index (χ2v) is 16.8. The van der Waals surface area contributed by atoms with Crippen molar-refractivity contribution in [1.29, 1.82) is 0 Å². The number of fused-ring (bicyclic) bond motifs is 1. The van der Waals surface area contributed by atoms with Crippen molar-refractivity contribution in [3.8, 4) is 10.8 Å². The third-order valence-corrected chi connectivity index (χ3v) is 12.7. The predicted molar refractivity (Wildman–Crippen MR) is 148 cm³/mol. The highest BCUT2D eigenvalue weighted by Gasteiger charge is 2.37. The zero-order chi connectivity index (χ0) is 29.6. The molecule has 0 saturated heterocycles. The number of halogens is 4. The van der Waals surface area contributed by atoms with Crippen LogP contribution < -0.4 is 10.5 Å². The van der Waals surface area contributed by atoms with Crippen molar-refractivity contribution in [1.82, 2.24) is 14.5 Å². The zero-order valence-electron chi connectivity index (χ0n) is 22.9. The summed E-state index contributed by atoms with van der Waals surface area (Å²) in [4.78, 5) is 21.1. The van der Waals surface area contributed by atoms with Crippen molar-refractivity contribution in [3.63, 3.8) is 0 Å². The molecule has 7 nitrogen and oxygen atoms in total. The number of benzene rings is 1. The lowest BCUT2D eigenvalue weighted by molar-refractivity contribution is -0.139. The Hall–Kier alpha value is -3.29. The van der Waals surface area contributed by atoms with Gasteiger partial charge in [-0.05, 0) is 43.3 Å². The van der Waals surface area contributed by atoms with Crippen LogP contribution in [-0.4, -0.2) is 28.8 Å². The predicted octanol–water partition coefficient (Wildman–Crippen LogP) is 7.40. The molecule has 0 radical (unpaired) electrons. The summed E-state index contributed by atoms with van der Waals surface area (Å²) in [6.07, 6.45) is -2.78. The number of hydrogen-bond acceptors (Lipinski definition) is 6. The van der Waals surface area contributed by atoms with E-state index in [0.717, 1.165) is 23.5 Å². The highest BCUT2D eigenvalue weighted by Crippen LogP contribution is 2.40. The number of rotatable bonds is 8. The molecule has 4 aromatic rings. The molecule has 4 rings (SSSR count). The third kappa shape index (κ3) is 6.05. The fraction of sp³-hybridized carbons (Fsp3) is 0.370. The minimum atomic E-state index is -4.79. The Morgan fingerprint density at radius 1 is 1.15 bits per heavy atom. The van der Waals surface area contributed by atoms with E-state index in [1.54, 1.807) is 17.1 Å². The molecule has 13 heteroatoms. The van der Waals surface area contributed by atoms with Gasteiger partial charge in [0.1, 0.15) is 39.4 Å². The summed E-state index contributed by atoms with van der Waals surface area (Å²) in [6, 6.07) is 5.73. The van der Waals surface area contributed by atoms with Gasteiger partial charge in [-0.15, -0.1) is 11.3 Å². The van der Waals surface area contributed by atoms with E-state index in [2.05, 4.69) is 43.8 Å². The number of hydrogen-bond donors (Lipinski definition) is 1. The van der Waals surface area contributed by atoms with E-state index < -0.39 is 37.9 Å². The molecule has 214 valence electrons. The zero-order valence-corrected chi connectivity index (χ0v) is 24.7. The Labute approximate surface area is 234 Å². The first-order valence-electron chi connectivity index (χ1n) is 12.4. The van der Waals surface area contributed by atoms with E-state index in [1.807, 2.05) is 6.07 Å². The SMILES string of the molecule is CC(Oc1cc(-n2cnc3cnc(CO[Si](C)(C)C(C)(C)C)cc32)sc1C(N)=O)c1ccc(F)cc1C(F)(F)F. The monoisotopic (exact) mass is 594 g/mol. The van der Waals surface area contributed by atoms with Gasteiger partial charge < -0.3 is 14.9 Å². The first kappa shape index (κ1) is 29.7. The van der Waals surface area contributed by atoms with Gasteiger partial charge in [-0.2, -0.15) is 13.2 Å². The van der Waals surface area contributed by atoms with E-state index in [4.69, 9.17) is 14.9 Å². The molecule has 1 unspecified atom stereocenters. The molecule has 40 heavy (non-hydrogen) atoms. The van der Waals surface area contributed by atoms with Crippen molar-refractivity contribution >= 4 is 36.6 Å². The van der Waals surface area contributed by atoms with Crippen LogP contribution in [-0.2, 0) is 17.2 Å². The summed E-state index contributed by atoms with van der Waals surface area (Å²) in [7, 11) is -2.02. The molecule has 3 heterocycles. The number of amides is 1. The summed E-state index contributed by atoms with van der Waals surface area (Å²) < 4.78 is 68.1. The van der Waals surface area contributed by atoms with Crippen LogP contribution in [0.2, 0.25) is 18.1 Å². The van der Waals surface area contributed by atoms with Gasteiger partial charge in [-0.25, -0.2) is 9.37 Å². The van der Waals surface area contributed by atoms with Crippen LogP contribution in [0.15, 0.2) is 42.9 Å². The molecule has 0 saturated carbocycles. The van der Waals surface area contributed by atoms with Gasteiger partial charge in [-0.1, -0.05) is 26.8 Å². The van der Waals surface area contributed by atoms with E-state index in [-0.39, 0.29) is 21.2 Å². The number of nitrogens with two attached hydrogens (primary N) is 1. The van der Waals surface area contributed by atoms with Crippen molar-refractivity contribution in [2.45, 2.75) is 64.7 Å². The third-order valence-electron chi connectivity index (χ3n) is 7.09. The highest BCUT2D eigenvalue weighted by molar-refractivity contribution is 7.16. The number of carbonyl (C=O) groups excluding carboxylic acids is 1. The number of alkyl halides is 3. The van der Waals surface area contributed by atoms with Crippen molar-refractivity contribution in [2.24, 2.45) is 5.73 Å². The molecule has 0 fully saturated rings. The summed E-state index contributed by atoms with van der Waals surface area (Å²) >= 11 is 1.01. The molecular weight excluding hydrogens is 564 g/mol. The Balaban J connectivity index is 1.67. The lowest BCUT2D eigenvalue weighted by Crippen LogP contribution is -2.40. The van der Waals surface area contributed by atoms with Gasteiger partial charge in [0.15, 0.2) is 8.32 Å². The summed E-state index contributed by atoms with van der Waals surface area (Å²) in [6.45, 7) is 12.5. The lowest BCUT2D eigenvalue weighted by atomic mass is 10.0. The van der Waals surface area contributed by atoms with Crippen LogP contribution in [0.1, 0.15) is 60.3 Å². The van der Waals surface area contributed by atoms with Crippen molar-refractivity contribution < 1.29 is 31.5 Å². The summed E-state index contributed by atoms with van der Waals surface area (Å²) in [5.41, 5.74) is 6.14. The Morgan fingerprint density at radius 3 is 2.48 bits per heavy atom. The van der Waals surface area contributed by atoms with Gasteiger partial charge in [0.05, 0.1) is 29.6 Å². The van der Waals surface area contributed by atoms with Gasteiger partial charge in [-0.3, -0.25) is 14.3 Å². The fourth-order valence-corrected chi connectivity index (χ4v) is 5.67. The Bertz CT molecular complexity index is 1560.